The molecule has 0 aliphatic carbocycles. The molecule has 0 radical (unpaired) electrons. The number of hydrogen-bond acceptors (Lipinski definition) is 3. The van der Waals surface area contributed by atoms with Crippen LogP contribution in [0.5, 0.6) is 0 Å². The molecule has 4 nitrogen and oxygen atoms in total. The minimum Gasteiger partial charge on any atom is -0.365 e. The Labute approximate surface area is 140 Å². The number of nitrogens with zero attached hydrogens (tertiary/aromatic N) is 3. The SMILES string of the molecule is c1ccc(Cn2cc(CNc3cnccn3)c3ccccc32)cc1. The van der Waals surface area contributed by atoms with Crippen molar-refractivity contribution in [3.63, 3.8) is 0 Å². The summed E-state index contributed by atoms with van der Waals surface area (Å²) >= 11 is 0. The number of para-hydroxylation sites is 1. The second kappa shape index (κ2) is 6.54. The highest BCUT2D eigenvalue weighted by atomic mass is 15.0. The summed E-state index contributed by atoms with van der Waals surface area (Å²) in [6.07, 6.45) is 7.34. The fourth-order valence-corrected chi connectivity index (χ4v) is 2.95. The Hall–Kier alpha value is -3.14. The van der Waals surface area contributed by atoms with E-state index in [0.29, 0.717) is 0 Å². The Balaban J connectivity index is 1.64. The molecule has 0 amide bonds. The molecule has 4 heteroatoms. The van der Waals surface area contributed by atoms with Crippen molar-refractivity contribution >= 4 is 16.7 Å². The van der Waals surface area contributed by atoms with Crippen molar-refractivity contribution in [3.8, 4) is 0 Å². The first kappa shape index (κ1) is 14.5. The Morgan fingerprint density at radius 1 is 0.917 bits per heavy atom. The van der Waals surface area contributed by atoms with E-state index in [1.165, 1.54) is 22.0 Å². The van der Waals surface area contributed by atoms with Crippen LogP contribution in [-0.2, 0) is 13.1 Å². The third-order valence-corrected chi connectivity index (χ3v) is 4.09. The molecule has 0 spiro atoms. The van der Waals surface area contributed by atoms with Gasteiger partial charge in [0.1, 0.15) is 5.82 Å². The molecule has 1 N–H and O–H groups in total. The predicted octanol–water partition coefficient (Wildman–Crippen LogP) is 4.09. The summed E-state index contributed by atoms with van der Waals surface area (Å²) in [6, 6.07) is 19.0. The van der Waals surface area contributed by atoms with Crippen molar-refractivity contribution in [2.75, 3.05) is 5.32 Å². The largest absolute Gasteiger partial charge is 0.365 e. The second-order valence-electron chi connectivity index (χ2n) is 5.73. The standard InChI is InChI=1S/C20H18N4/c1-2-6-16(7-3-1)14-24-15-17(18-8-4-5-9-19(18)24)12-23-20-13-21-10-11-22-20/h1-11,13,15H,12,14H2,(H,22,23). The molecule has 4 aromatic rings. The minimum atomic E-state index is 0.723. The van der Waals surface area contributed by atoms with Crippen LogP contribution in [0.1, 0.15) is 11.1 Å². The van der Waals surface area contributed by atoms with Gasteiger partial charge in [0.25, 0.3) is 0 Å². The zero-order valence-electron chi connectivity index (χ0n) is 13.3. The number of fused-ring (bicyclic) bond motifs is 1. The van der Waals surface area contributed by atoms with Crippen LogP contribution >= 0.6 is 0 Å². The van der Waals surface area contributed by atoms with E-state index >= 15 is 0 Å². The van der Waals surface area contributed by atoms with Crippen molar-refractivity contribution in [1.29, 1.82) is 0 Å². The molecule has 0 saturated heterocycles. The quantitative estimate of drug-likeness (QED) is 0.603. The van der Waals surface area contributed by atoms with E-state index in [1.54, 1.807) is 18.6 Å². The van der Waals surface area contributed by atoms with Crippen LogP contribution in [0.4, 0.5) is 5.82 Å². The van der Waals surface area contributed by atoms with Gasteiger partial charge in [-0.05, 0) is 17.2 Å². The van der Waals surface area contributed by atoms with Gasteiger partial charge in [0.15, 0.2) is 0 Å². The fourth-order valence-electron chi connectivity index (χ4n) is 2.95. The lowest BCUT2D eigenvalue weighted by Crippen LogP contribution is -2.01. The van der Waals surface area contributed by atoms with Gasteiger partial charge in [-0.3, -0.25) is 4.98 Å². The summed E-state index contributed by atoms with van der Waals surface area (Å²) in [7, 11) is 0. The Morgan fingerprint density at radius 2 is 1.75 bits per heavy atom. The maximum absolute atomic E-state index is 4.27. The van der Waals surface area contributed by atoms with Crippen LogP contribution in [-0.4, -0.2) is 14.5 Å². The van der Waals surface area contributed by atoms with Crippen molar-refractivity contribution in [1.82, 2.24) is 14.5 Å². The van der Waals surface area contributed by atoms with Crippen LogP contribution in [0.15, 0.2) is 79.4 Å². The topological polar surface area (TPSA) is 42.7 Å². The average Bonchev–Trinajstić information content (AvgIpc) is 3.00. The van der Waals surface area contributed by atoms with E-state index < -0.39 is 0 Å². The average molecular weight is 314 g/mol. The predicted molar refractivity (Wildman–Crippen MR) is 96.8 cm³/mol. The highest BCUT2D eigenvalue weighted by molar-refractivity contribution is 5.84. The van der Waals surface area contributed by atoms with Crippen LogP contribution in [0, 0.1) is 0 Å². The maximum atomic E-state index is 4.27. The van der Waals surface area contributed by atoms with Gasteiger partial charge in [-0.2, -0.15) is 0 Å². The fraction of sp³-hybridized carbons (Fsp3) is 0.100. The lowest BCUT2D eigenvalue weighted by atomic mass is 10.2. The van der Waals surface area contributed by atoms with E-state index in [4.69, 9.17) is 0 Å². The van der Waals surface area contributed by atoms with Crippen LogP contribution in [0.2, 0.25) is 0 Å². The zero-order chi connectivity index (χ0) is 16.2. The number of hydrogen-bond donors (Lipinski definition) is 1. The molecule has 24 heavy (non-hydrogen) atoms. The van der Waals surface area contributed by atoms with Crippen molar-refractivity contribution in [3.05, 3.63) is 90.5 Å². The molecule has 118 valence electrons. The summed E-state index contributed by atoms with van der Waals surface area (Å²) in [4.78, 5) is 8.36. The molecule has 0 aliphatic rings. The number of benzene rings is 2. The van der Waals surface area contributed by atoms with Gasteiger partial charge in [-0.15, -0.1) is 0 Å². The van der Waals surface area contributed by atoms with E-state index in [-0.39, 0.29) is 0 Å². The van der Waals surface area contributed by atoms with E-state index in [2.05, 4.69) is 74.6 Å². The van der Waals surface area contributed by atoms with E-state index in [9.17, 15) is 0 Å². The molecule has 0 unspecified atom stereocenters. The lowest BCUT2D eigenvalue weighted by Gasteiger charge is -2.05. The summed E-state index contributed by atoms with van der Waals surface area (Å²) in [5, 5.41) is 4.61. The first-order chi connectivity index (χ1) is 11.9. The second-order valence-corrected chi connectivity index (χ2v) is 5.73. The van der Waals surface area contributed by atoms with Crippen molar-refractivity contribution in [2.24, 2.45) is 0 Å². The Morgan fingerprint density at radius 3 is 2.58 bits per heavy atom. The van der Waals surface area contributed by atoms with Crippen LogP contribution < -0.4 is 5.32 Å². The van der Waals surface area contributed by atoms with Gasteiger partial charge >= 0.3 is 0 Å². The molecule has 4 rings (SSSR count). The summed E-state index contributed by atoms with van der Waals surface area (Å²) in [5.41, 5.74) is 3.80. The van der Waals surface area contributed by atoms with E-state index in [1.807, 2.05) is 6.07 Å². The van der Waals surface area contributed by atoms with Crippen molar-refractivity contribution in [2.45, 2.75) is 13.1 Å². The van der Waals surface area contributed by atoms with Gasteiger partial charge in [0, 0.05) is 42.6 Å². The van der Waals surface area contributed by atoms with Gasteiger partial charge in [0.05, 0.1) is 6.20 Å². The van der Waals surface area contributed by atoms with Gasteiger partial charge in [0.2, 0.25) is 0 Å². The molecule has 2 aromatic heterocycles. The van der Waals surface area contributed by atoms with Crippen LogP contribution in [0.25, 0.3) is 10.9 Å². The molecule has 0 fully saturated rings. The lowest BCUT2D eigenvalue weighted by molar-refractivity contribution is 0.831. The molecule has 0 aliphatic heterocycles. The van der Waals surface area contributed by atoms with Gasteiger partial charge in [-0.1, -0.05) is 48.5 Å². The van der Waals surface area contributed by atoms with Crippen LogP contribution in [0.3, 0.4) is 0 Å². The van der Waals surface area contributed by atoms with Gasteiger partial charge in [-0.25, -0.2) is 4.98 Å². The number of anilines is 1. The normalized spacial score (nSPS) is 10.8. The number of aromatic nitrogens is 3. The molecular weight excluding hydrogens is 296 g/mol. The van der Waals surface area contributed by atoms with E-state index in [0.717, 1.165) is 18.9 Å². The number of rotatable bonds is 5. The Bertz CT molecular complexity index is 930. The third-order valence-electron chi connectivity index (χ3n) is 4.09. The zero-order valence-corrected chi connectivity index (χ0v) is 13.3. The van der Waals surface area contributed by atoms with Crippen molar-refractivity contribution < 1.29 is 0 Å². The van der Waals surface area contributed by atoms with Gasteiger partial charge < -0.3 is 9.88 Å². The summed E-state index contributed by atoms with van der Waals surface area (Å²) in [6.45, 7) is 1.59. The highest BCUT2D eigenvalue weighted by Gasteiger charge is 2.08. The first-order valence-corrected chi connectivity index (χ1v) is 8.01. The molecular formula is C20H18N4. The maximum Gasteiger partial charge on any atom is 0.144 e. The molecule has 0 bridgehead atoms. The highest BCUT2D eigenvalue weighted by Crippen LogP contribution is 2.23. The first-order valence-electron chi connectivity index (χ1n) is 8.01. The third kappa shape index (κ3) is 2.99. The minimum absolute atomic E-state index is 0.723. The Kier molecular flexibility index (Phi) is 3.94. The smallest absolute Gasteiger partial charge is 0.144 e. The number of nitrogens with one attached hydrogen (secondary N) is 1. The monoisotopic (exact) mass is 314 g/mol. The summed E-state index contributed by atoms with van der Waals surface area (Å²) < 4.78 is 2.30. The summed E-state index contributed by atoms with van der Waals surface area (Å²) in [5.74, 6) is 0.789. The molecule has 2 aromatic carbocycles. The molecule has 0 saturated carbocycles. The molecule has 2 heterocycles. The molecule has 0 atom stereocenters.